The van der Waals surface area contributed by atoms with Gasteiger partial charge in [0.05, 0.1) is 17.1 Å². The lowest BCUT2D eigenvalue weighted by Gasteiger charge is -2.25. The highest BCUT2D eigenvalue weighted by Gasteiger charge is 2.25. The summed E-state index contributed by atoms with van der Waals surface area (Å²) >= 11 is 0. The normalized spacial score (nSPS) is 15.2. The Bertz CT molecular complexity index is 1160. The van der Waals surface area contributed by atoms with E-state index in [9.17, 15) is 13.2 Å². The zero-order valence-corrected chi connectivity index (χ0v) is 20.2. The molecule has 0 saturated heterocycles. The van der Waals surface area contributed by atoms with Crippen LogP contribution in [0.1, 0.15) is 60.9 Å². The molecule has 0 aromatic heterocycles. The van der Waals surface area contributed by atoms with Gasteiger partial charge in [-0.2, -0.15) is 0 Å². The first kappa shape index (κ1) is 24.0. The van der Waals surface area contributed by atoms with Crippen LogP contribution in [0.15, 0.2) is 89.8 Å². The Morgan fingerprint density at radius 2 is 1.32 bits per heavy atom. The van der Waals surface area contributed by atoms with Gasteiger partial charge in [0.1, 0.15) is 0 Å². The van der Waals surface area contributed by atoms with Crippen molar-refractivity contribution < 1.29 is 13.2 Å². The molecular formula is C28H32N2O3S. The molecule has 178 valence electrons. The topological polar surface area (TPSA) is 66.5 Å². The van der Waals surface area contributed by atoms with E-state index >= 15 is 0 Å². The third kappa shape index (κ3) is 6.06. The van der Waals surface area contributed by atoms with Crippen LogP contribution in [0.25, 0.3) is 0 Å². The molecule has 34 heavy (non-hydrogen) atoms. The highest BCUT2D eigenvalue weighted by Crippen LogP contribution is 2.26. The van der Waals surface area contributed by atoms with Crippen molar-refractivity contribution in [3.63, 3.8) is 0 Å². The van der Waals surface area contributed by atoms with Crippen molar-refractivity contribution in [3.8, 4) is 0 Å². The monoisotopic (exact) mass is 476 g/mol. The molecule has 1 saturated carbocycles. The second-order valence-electron chi connectivity index (χ2n) is 8.87. The summed E-state index contributed by atoms with van der Waals surface area (Å²) in [7, 11) is -3.75. The number of anilines is 1. The molecule has 0 radical (unpaired) electrons. The lowest BCUT2D eigenvalue weighted by molar-refractivity contribution is 0.0930. The summed E-state index contributed by atoms with van der Waals surface area (Å²) in [5.41, 5.74) is 2.01. The molecule has 1 aliphatic carbocycles. The number of hydrogen-bond donors (Lipinski definition) is 1. The van der Waals surface area contributed by atoms with Gasteiger partial charge in [0, 0.05) is 11.6 Å². The smallest absolute Gasteiger partial charge is 0.264 e. The summed E-state index contributed by atoms with van der Waals surface area (Å²) in [4.78, 5) is 13.0. The maximum absolute atomic E-state index is 13.4. The number of carbonyl (C=O) groups is 1. The number of benzene rings is 3. The fourth-order valence-electron chi connectivity index (χ4n) is 4.43. The Hall–Kier alpha value is -3.12. The first-order valence-electron chi connectivity index (χ1n) is 12.1. The number of para-hydroxylation sites is 1. The van der Waals surface area contributed by atoms with Crippen molar-refractivity contribution in [1.29, 1.82) is 0 Å². The van der Waals surface area contributed by atoms with E-state index in [2.05, 4.69) is 5.32 Å². The number of carbonyl (C=O) groups excluding carboxylic acids is 1. The summed E-state index contributed by atoms with van der Waals surface area (Å²) < 4.78 is 28.3. The number of sulfonamides is 1. The molecule has 0 heterocycles. The fourth-order valence-corrected chi connectivity index (χ4v) is 5.90. The van der Waals surface area contributed by atoms with Gasteiger partial charge in [0.2, 0.25) is 0 Å². The Morgan fingerprint density at radius 1 is 0.765 bits per heavy atom. The summed E-state index contributed by atoms with van der Waals surface area (Å²) in [5, 5.41) is 3.19. The minimum absolute atomic E-state index is 0.0612. The maximum Gasteiger partial charge on any atom is 0.264 e. The van der Waals surface area contributed by atoms with Crippen LogP contribution in [-0.4, -0.2) is 20.4 Å². The Labute approximate surface area is 202 Å². The van der Waals surface area contributed by atoms with E-state index < -0.39 is 10.0 Å². The van der Waals surface area contributed by atoms with Gasteiger partial charge in [-0.05, 0) is 54.8 Å². The van der Waals surface area contributed by atoms with Crippen molar-refractivity contribution in [2.24, 2.45) is 0 Å². The average molecular weight is 477 g/mol. The van der Waals surface area contributed by atoms with Crippen LogP contribution in [0.3, 0.4) is 0 Å². The second kappa shape index (κ2) is 11.3. The Kier molecular flexibility index (Phi) is 8.01. The van der Waals surface area contributed by atoms with Gasteiger partial charge in [0.25, 0.3) is 15.9 Å². The lowest BCUT2D eigenvalue weighted by Crippen LogP contribution is -2.35. The molecule has 0 aliphatic heterocycles. The van der Waals surface area contributed by atoms with Crippen molar-refractivity contribution in [3.05, 3.63) is 96.1 Å². The highest BCUT2D eigenvalue weighted by atomic mass is 32.2. The van der Waals surface area contributed by atoms with Crippen molar-refractivity contribution in [2.75, 3.05) is 4.31 Å². The van der Waals surface area contributed by atoms with E-state index in [0.717, 1.165) is 31.2 Å². The third-order valence-corrected chi connectivity index (χ3v) is 8.15. The van der Waals surface area contributed by atoms with Crippen LogP contribution in [0.2, 0.25) is 0 Å². The lowest BCUT2D eigenvalue weighted by atomic mass is 9.96. The fraction of sp³-hybridized carbons (Fsp3) is 0.321. The van der Waals surface area contributed by atoms with Gasteiger partial charge in [0.15, 0.2) is 0 Å². The number of nitrogens with zero attached hydrogens (tertiary/aromatic N) is 1. The molecule has 3 aromatic rings. The summed E-state index contributed by atoms with van der Waals surface area (Å²) in [6, 6.07) is 25.0. The zero-order chi connectivity index (χ0) is 23.8. The molecule has 0 spiro atoms. The quantitative estimate of drug-likeness (QED) is 0.460. The van der Waals surface area contributed by atoms with Crippen molar-refractivity contribution in [1.82, 2.24) is 5.32 Å². The minimum Gasteiger partial charge on any atom is -0.349 e. The molecule has 1 amide bonds. The summed E-state index contributed by atoms with van der Waals surface area (Å²) in [6.07, 6.45) is 8.17. The van der Waals surface area contributed by atoms with Crippen LogP contribution < -0.4 is 9.62 Å². The second-order valence-corrected chi connectivity index (χ2v) is 10.7. The molecule has 0 atom stereocenters. The molecule has 6 heteroatoms. The molecule has 5 nitrogen and oxygen atoms in total. The molecule has 3 aromatic carbocycles. The van der Waals surface area contributed by atoms with Crippen LogP contribution in [0, 0.1) is 0 Å². The van der Waals surface area contributed by atoms with E-state index in [1.807, 2.05) is 30.3 Å². The van der Waals surface area contributed by atoms with Crippen LogP contribution in [0.4, 0.5) is 5.69 Å². The van der Waals surface area contributed by atoms with E-state index in [1.165, 1.54) is 23.6 Å². The molecule has 0 unspecified atom stereocenters. The van der Waals surface area contributed by atoms with Gasteiger partial charge >= 0.3 is 0 Å². The SMILES string of the molecule is O=C(NC1CCCCCCC1)c1ccc(CN(c2ccccc2)S(=O)(=O)c2ccccc2)cc1. The van der Waals surface area contributed by atoms with Gasteiger partial charge < -0.3 is 5.32 Å². The number of hydrogen-bond acceptors (Lipinski definition) is 3. The summed E-state index contributed by atoms with van der Waals surface area (Å²) in [6.45, 7) is 0.172. The first-order valence-corrected chi connectivity index (χ1v) is 13.5. The third-order valence-electron chi connectivity index (χ3n) is 6.36. The molecule has 1 N–H and O–H groups in total. The highest BCUT2D eigenvalue weighted by molar-refractivity contribution is 7.92. The molecule has 0 bridgehead atoms. The van der Waals surface area contributed by atoms with Gasteiger partial charge in [-0.15, -0.1) is 0 Å². The van der Waals surface area contributed by atoms with Crippen LogP contribution >= 0.6 is 0 Å². The van der Waals surface area contributed by atoms with Crippen LogP contribution in [0.5, 0.6) is 0 Å². The van der Waals surface area contributed by atoms with Gasteiger partial charge in [-0.25, -0.2) is 8.42 Å². The number of amides is 1. The van der Waals surface area contributed by atoms with E-state index in [1.54, 1.807) is 54.6 Å². The first-order chi connectivity index (χ1) is 16.5. The predicted octanol–water partition coefficient (Wildman–Crippen LogP) is 5.92. The van der Waals surface area contributed by atoms with Gasteiger partial charge in [-0.3, -0.25) is 9.10 Å². The van der Waals surface area contributed by atoms with E-state index in [-0.39, 0.29) is 23.4 Å². The minimum atomic E-state index is -3.75. The van der Waals surface area contributed by atoms with E-state index in [0.29, 0.717) is 11.3 Å². The number of nitrogens with one attached hydrogen (secondary N) is 1. The summed E-state index contributed by atoms with van der Waals surface area (Å²) in [5.74, 6) is -0.0612. The largest absolute Gasteiger partial charge is 0.349 e. The number of rotatable bonds is 7. The molecule has 4 rings (SSSR count). The zero-order valence-electron chi connectivity index (χ0n) is 19.4. The molecule has 1 fully saturated rings. The Balaban J connectivity index is 1.51. The molecular weight excluding hydrogens is 444 g/mol. The average Bonchev–Trinajstić information content (AvgIpc) is 2.85. The van der Waals surface area contributed by atoms with Crippen molar-refractivity contribution in [2.45, 2.75) is 62.4 Å². The maximum atomic E-state index is 13.4. The predicted molar refractivity (Wildman–Crippen MR) is 136 cm³/mol. The van der Waals surface area contributed by atoms with E-state index in [4.69, 9.17) is 0 Å². The Morgan fingerprint density at radius 3 is 1.94 bits per heavy atom. The van der Waals surface area contributed by atoms with Crippen molar-refractivity contribution >= 4 is 21.6 Å². The standard InChI is InChI=1S/C28H32N2O3S/c31-28(29-25-12-6-2-1-3-7-13-25)24-20-18-23(19-21-24)22-30(26-14-8-4-9-15-26)34(32,33)27-16-10-5-11-17-27/h4-5,8-11,14-21,25H,1-3,6-7,12-13,22H2,(H,29,31). The van der Waals surface area contributed by atoms with Crippen LogP contribution in [-0.2, 0) is 16.6 Å². The molecule has 1 aliphatic rings. The van der Waals surface area contributed by atoms with Gasteiger partial charge in [-0.1, -0.05) is 80.6 Å².